The van der Waals surface area contributed by atoms with E-state index in [2.05, 4.69) is 5.32 Å². The summed E-state index contributed by atoms with van der Waals surface area (Å²) in [5.74, 6) is -0.191. The molecule has 2 aliphatic rings. The van der Waals surface area contributed by atoms with Crippen LogP contribution in [0.5, 0.6) is 0 Å². The van der Waals surface area contributed by atoms with Crippen LogP contribution < -0.4 is 5.32 Å². The average molecular weight is 284 g/mol. The quantitative estimate of drug-likeness (QED) is 0.786. The monoisotopic (exact) mass is 284 g/mol. The second-order valence-electron chi connectivity index (χ2n) is 5.33. The minimum atomic E-state index is -0.132. The Morgan fingerprint density at radius 3 is 2.65 bits per heavy atom. The number of nitrogens with one attached hydrogen (secondary N) is 1. The van der Waals surface area contributed by atoms with E-state index in [1.54, 1.807) is 4.90 Å². The zero-order chi connectivity index (χ0) is 14.4. The maximum atomic E-state index is 12.0. The molecule has 6 heteroatoms. The summed E-state index contributed by atoms with van der Waals surface area (Å²) < 4.78 is 10.5. The Hall–Kier alpha value is -1.30. The highest BCUT2D eigenvalue weighted by Crippen LogP contribution is 2.18. The first-order valence-electron chi connectivity index (χ1n) is 7.51. The van der Waals surface area contributed by atoms with E-state index in [-0.39, 0.29) is 24.0 Å². The van der Waals surface area contributed by atoms with Crippen LogP contribution in [-0.2, 0) is 14.3 Å². The molecule has 6 nitrogen and oxygen atoms in total. The van der Waals surface area contributed by atoms with Crippen LogP contribution in [0, 0.1) is 5.92 Å². The zero-order valence-electron chi connectivity index (χ0n) is 12.1. The van der Waals surface area contributed by atoms with E-state index >= 15 is 0 Å². The van der Waals surface area contributed by atoms with Gasteiger partial charge >= 0.3 is 12.0 Å². The van der Waals surface area contributed by atoms with Crippen molar-refractivity contribution in [1.82, 2.24) is 10.2 Å². The molecule has 114 valence electrons. The van der Waals surface area contributed by atoms with E-state index in [1.165, 1.54) is 0 Å². The van der Waals surface area contributed by atoms with Gasteiger partial charge in [-0.25, -0.2) is 4.79 Å². The molecule has 0 aliphatic carbocycles. The van der Waals surface area contributed by atoms with Crippen molar-refractivity contribution in [3.05, 3.63) is 0 Å². The maximum Gasteiger partial charge on any atom is 0.317 e. The Bertz CT molecular complexity index is 334. The fraction of sp³-hybridized carbons (Fsp3) is 0.857. The number of carbonyl (C=O) groups is 2. The van der Waals surface area contributed by atoms with Gasteiger partial charge in [0.1, 0.15) is 0 Å². The molecule has 2 saturated heterocycles. The lowest BCUT2D eigenvalue weighted by molar-refractivity contribution is -0.149. The second-order valence-corrected chi connectivity index (χ2v) is 5.33. The van der Waals surface area contributed by atoms with Gasteiger partial charge in [-0.3, -0.25) is 4.79 Å². The number of piperidine rings is 1. The Morgan fingerprint density at radius 1 is 1.30 bits per heavy atom. The molecule has 2 rings (SSSR count). The summed E-state index contributed by atoms with van der Waals surface area (Å²) in [6, 6.07) is -0.0530. The lowest BCUT2D eigenvalue weighted by Gasteiger charge is -2.31. The Morgan fingerprint density at radius 2 is 2.05 bits per heavy atom. The fourth-order valence-corrected chi connectivity index (χ4v) is 2.70. The molecule has 1 unspecified atom stereocenters. The smallest absolute Gasteiger partial charge is 0.317 e. The molecule has 0 bridgehead atoms. The average Bonchev–Trinajstić information content (AvgIpc) is 2.98. The molecular weight excluding hydrogens is 260 g/mol. The highest BCUT2D eigenvalue weighted by molar-refractivity contribution is 5.76. The summed E-state index contributed by atoms with van der Waals surface area (Å²) in [4.78, 5) is 25.4. The third-order valence-corrected chi connectivity index (χ3v) is 3.91. The number of amides is 2. The molecule has 1 atom stereocenters. The Labute approximate surface area is 119 Å². The van der Waals surface area contributed by atoms with Gasteiger partial charge < -0.3 is 19.7 Å². The number of nitrogens with zero attached hydrogens (tertiary/aromatic N) is 1. The van der Waals surface area contributed by atoms with Crippen LogP contribution in [0.25, 0.3) is 0 Å². The summed E-state index contributed by atoms with van der Waals surface area (Å²) >= 11 is 0. The van der Waals surface area contributed by atoms with Crippen LogP contribution in [0.4, 0.5) is 4.79 Å². The summed E-state index contributed by atoms with van der Waals surface area (Å²) in [5, 5.41) is 2.91. The Kier molecular flexibility index (Phi) is 5.64. The van der Waals surface area contributed by atoms with Crippen molar-refractivity contribution in [3.8, 4) is 0 Å². The van der Waals surface area contributed by atoms with Crippen molar-refractivity contribution < 1.29 is 19.1 Å². The summed E-state index contributed by atoms with van der Waals surface area (Å²) in [6.07, 6.45) is 3.63. The molecule has 2 fully saturated rings. The molecule has 2 heterocycles. The van der Waals surface area contributed by atoms with E-state index in [0.717, 1.165) is 19.4 Å². The van der Waals surface area contributed by atoms with Gasteiger partial charge in [0.2, 0.25) is 0 Å². The summed E-state index contributed by atoms with van der Waals surface area (Å²) in [7, 11) is 0. The highest BCUT2D eigenvalue weighted by atomic mass is 16.5. The molecule has 0 saturated carbocycles. The number of hydrogen-bond acceptors (Lipinski definition) is 4. The van der Waals surface area contributed by atoms with E-state index in [9.17, 15) is 9.59 Å². The van der Waals surface area contributed by atoms with E-state index in [4.69, 9.17) is 9.47 Å². The van der Waals surface area contributed by atoms with Crippen LogP contribution in [-0.4, -0.2) is 55.9 Å². The molecular formula is C14H24N2O4. The van der Waals surface area contributed by atoms with E-state index < -0.39 is 0 Å². The first-order chi connectivity index (χ1) is 9.70. The summed E-state index contributed by atoms with van der Waals surface area (Å²) in [6.45, 7) is 4.83. The van der Waals surface area contributed by atoms with Crippen LogP contribution in [0.3, 0.4) is 0 Å². The molecule has 2 aliphatic heterocycles. The van der Waals surface area contributed by atoms with Crippen molar-refractivity contribution in [1.29, 1.82) is 0 Å². The first kappa shape index (κ1) is 15.1. The van der Waals surface area contributed by atoms with Crippen LogP contribution in [0.1, 0.15) is 32.6 Å². The maximum absolute atomic E-state index is 12.0. The number of likely N-dealkylation sites (tertiary alicyclic amines) is 1. The largest absolute Gasteiger partial charge is 0.466 e. The molecule has 0 radical (unpaired) electrons. The van der Waals surface area contributed by atoms with Crippen molar-refractivity contribution >= 4 is 12.0 Å². The lowest BCUT2D eigenvalue weighted by Crippen LogP contribution is -2.47. The first-order valence-corrected chi connectivity index (χ1v) is 7.51. The number of esters is 1. The molecule has 1 N–H and O–H groups in total. The number of carbonyl (C=O) groups excluding carboxylic acids is 2. The minimum Gasteiger partial charge on any atom is -0.466 e. The SMILES string of the molecule is CCOC(=O)C1CCN(C(=O)NCC2CCCO2)CC1. The number of ether oxygens (including phenoxy) is 2. The van der Waals surface area contributed by atoms with Crippen molar-refractivity contribution in [2.24, 2.45) is 5.92 Å². The number of rotatable bonds is 4. The van der Waals surface area contributed by atoms with Gasteiger partial charge in [-0.1, -0.05) is 0 Å². The molecule has 0 aromatic carbocycles. The fourth-order valence-electron chi connectivity index (χ4n) is 2.70. The van der Waals surface area contributed by atoms with Gasteiger partial charge in [0.05, 0.1) is 18.6 Å². The van der Waals surface area contributed by atoms with Gasteiger partial charge in [0.15, 0.2) is 0 Å². The van der Waals surface area contributed by atoms with Crippen LogP contribution >= 0.6 is 0 Å². The molecule has 20 heavy (non-hydrogen) atoms. The third-order valence-electron chi connectivity index (χ3n) is 3.91. The van der Waals surface area contributed by atoms with Gasteiger partial charge in [0, 0.05) is 26.2 Å². The van der Waals surface area contributed by atoms with Crippen LogP contribution in [0.15, 0.2) is 0 Å². The lowest BCUT2D eigenvalue weighted by atomic mass is 9.97. The van der Waals surface area contributed by atoms with Gasteiger partial charge in [0.25, 0.3) is 0 Å². The van der Waals surface area contributed by atoms with Crippen molar-refractivity contribution in [3.63, 3.8) is 0 Å². The van der Waals surface area contributed by atoms with Gasteiger partial charge in [-0.05, 0) is 32.6 Å². The number of hydrogen-bond donors (Lipinski definition) is 1. The molecule has 0 aromatic heterocycles. The molecule has 0 aromatic rings. The standard InChI is InChI=1S/C14H24N2O4/c1-2-19-13(17)11-5-7-16(8-6-11)14(18)15-10-12-4-3-9-20-12/h11-12H,2-10H2,1H3,(H,15,18). The van der Waals surface area contributed by atoms with Crippen molar-refractivity contribution in [2.45, 2.75) is 38.7 Å². The molecule has 2 amide bonds. The van der Waals surface area contributed by atoms with Crippen molar-refractivity contribution in [2.75, 3.05) is 32.8 Å². The number of urea groups is 1. The minimum absolute atomic E-state index is 0.0530. The second kappa shape index (κ2) is 7.47. The highest BCUT2D eigenvalue weighted by Gasteiger charge is 2.28. The summed E-state index contributed by atoms with van der Waals surface area (Å²) in [5.41, 5.74) is 0. The van der Waals surface area contributed by atoms with Gasteiger partial charge in [-0.15, -0.1) is 0 Å². The van der Waals surface area contributed by atoms with E-state index in [0.29, 0.717) is 39.1 Å². The Balaban J connectivity index is 1.67. The normalized spacial score (nSPS) is 23.6. The third kappa shape index (κ3) is 4.10. The predicted molar refractivity (Wildman–Crippen MR) is 73.3 cm³/mol. The van der Waals surface area contributed by atoms with E-state index in [1.807, 2.05) is 6.92 Å². The topological polar surface area (TPSA) is 67.9 Å². The predicted octanol–water partition coefficient (Wildman–Crippen LogP) is 1.15. The van der Waals surface area contributed by atoms with Gasteiger partial charge in [-0.2, -0.15) is 0 Å². The molecule has 0 spiro atoms. The van der Waals surface area contributed by atoms with Crippen LogP contribution in [0.2, 0.25) is 0 Å². The zero-order valence-corrected chi connectivity index (χ0v) is 12.1.